The van der Waals surface area contributed by atoms with Crippen molar-refractivity contribution in [3.8, 4) is 11.4 Å². The summed E-state index contributed by atoms with van der Waals surface area (Å²) in [5.41, 5.74) is 3.33. The van der Waals surface area contributed by atoms with E-state index in [-0.39, 0.29) is 0 Å². The molecule has 0 aliphatic carbocycles. The van der Waals surface area contributed by atoms with Gasteiger partial charge in [-0.05, 0) is 30.7 Å². The summed E-state index contributed by atoms with van der Waals surface area (Å²) >= 11 is 18.4. The van der Waals surface area contributed by atoms with Gasteiger partial charge >= 0.3 is 0 Å². The lowest BCUT2D eigenvalue weighted by Crippen LogP contribution is -1.82. The van der Waals surface area contributed by atoms with Gasteiger partial charge in [0.05, 0.1) is 15.6 Å². The van der Waals surface area contributed by atoms with Gasteiger partial charge in [-0.1, -0.05) is 46.9 Å². The highest BCUT2D eigenvalue weighted by Gasteiger charge is 2.11. The smallest absolute Gasteiger partial charge is 0.138 e. The minimum absolute atomic E-state index is 0.570. The molecule has 19 heavy (non-hydrogen) atoms. The minimum Gasteiger partial charge on any atom is -0.337 e. The third kappa shape index (κ3) is 2.20. The van der Waals surface area contributed by atoms with Crippen LogP contribution in [-0.2, 0) is 0 Å². The fraction of sp³-hybridized carbons (Fsp3) is 0.0714. The Morgan fingerprint density at radius 1 is 0.947 bits per heavy atom. The average Bonchev–Trinajstić information content (AvgIpc) is 2.83. The molecule has 1 N–H and O–H groups in total. The maximum Gasteiger partial charge on any atom is 0.138 e. The topological polar surface area (TPSA) is 28.7 Å². The van der Waals surface area contributed by atoms with Gasteiger partial charge in [-0.25, -0.2) is 4.98 Å². The zero-order chi connectivity index (χ0) is 13.6. The van der Waals surface area contributed by atoms with Crippen molar-refractivity contribution in [3.05, 3.63) is 51.0 Å². The summed E-state index contributed by atoms with van der Waals surface area (Å²) in [6, 6.07) is 9.26. The fourth-order valence-corrected chi connectivity index (χ4v) is 2.48. The van der Waals surface area contributed by atoms with E-state index in [1.807, 2.05) is 25.1 Å². The highest BCUT2D eigenvalue weighted by Crippen LogP contribution is 2.31. The first-order chi connectivity index (χ1) is 9.06. The van der Waals surface area contributed by atoms with Crippen LogP contribution in [0.25, 0.3) is 22.4 Å². The fourth-order valence-electron chi connectivity index (χ4n) is 1.90. The number of aryl methyl sites for hydroxylation is 1. The average molecular weight is 312 g/mol. The molecule has 5 heteroatoms. The predicted octanol–water partition coefficient (Wildman–Crippen LogP) is 5.50. The number of rotatable bonds is 1. The number of aromatic amines is 1. The highest BCUT2D eigenvalue weighted by molar-refractivity contribution is 6.39. The molecule has 0 spiro atoms. The Hall–Kier alpha value is -1.22. The molecule has 0 radical (unpaired) electrons. The van der Waals surface area contributed by atoms with E-state index in [1.54, 1.807) is 12.1 Å². The van der Waals surface area contributed by atoms with Gasteiger partial charge < -0.3 is 4.98 Å². The van der Waals surface area contributed by atoms with Gasteiger partial charge in [-0.15, -0.1) is 0 Å². The van der Waals surface area contributed by atoms with Gasteiger partial charge in [0.2, 0.25) is 0 Å². The summed E-state index contributed by atoms with van der Waals surface area (Å²) in [4.78, 5) is 7.67. The van der Waals surface area contributed by atoms with Gasteiger partial charge in [0.1, 0.15) is 11.3 Å². The maximum absolute atomic E-state index is 6.13. The Morgan fingerprint density at radius 2 is 1.68 bits per heavy atom. The van der Waals surface area contributed by atoms with Crippen LogP contribution in [0.15, 0.2) is 30.3 Å². The van der Waals surface area contributed by atoms with Crippen molar-refractivity contribution in [2.24, 2.45) is 0 Å². The van der Waals surface area contributed by atoms with E-state index >= 15 is 0 Å². The monoisotopic (exact) mass is 310 g/mol. The molecule has 2 aromatic carbocycles. The molecule has 0 saturated heterocycles. The third-order valence-corrected chi connectivity index (χ3v) is 4.02. The third-order valence-electron chi connectivity index (χ3n) is 2.99. The molecule has 0 aliphatic rings. The van der Waals surface area contributed by atoms with E-state index < -0.39 is 0 Å². The standard InChI is InChI=1S/C14H9Cl3N2/c1-7-2-3-8(6-11(7)17)14-18-12-9(15)4-5-10(16)13(12)19-14/h2-6H,1H3,(H,18,19). The van der Waals surface area contributed by atoms with Crippen LogP contribution in [-0.4, -0.2) is 9.97 Å². The lowest BCUT2D eigenvalue weighted by atomic mass is 10.1. The van der Waals surface area contributed by atoms with E-state index in [0.29, 0.717) is 26.4 Å². The molecule has 0 bridgehead atoms. The first-order valence-electron chi connectivity index (χ1n) is 5.66. The molecule has 1 aromatic heterocycles. The summed E-state index contributed by atoms with van der Waals surface area (Å²) in [6.45, 7) is 1.96. The SMILES string of the molecule is Cc1ccc(-c2nc3c(Cl)ccc(Cl)c3[nH]2)cc1Cl. The molecule has 0 saturated carbocycles. The molecule has 0 fully saturated rings. The second kappa shape index (κ2) is 4.71. The van der Waals surface area contributed by atoms with Crippen molar-refractivity contribution in [2.75, 3.05) is 0 Å². The Labute approximate surface area is 125 Å². The highest BCUT2D eigenvalue weighted by atomic mass is 35.5. The van der Waals surface area contributed by atoms with Crippen LogP contribution >= 0.6 is 34.8 Å². The van der Waals surface area contributed by atoms with Crippen molar-refractivity contribution in [1.82, 2.24) is 9.97 Å². The number of H-pyrrole nitrogens is 1. The van der Waals surface area contributed by atoms with Crippen molar-refractivity contribution in [3.63, 3.8) is 0 Å². The first-order valence-corrected chi connectivity index (χ1v) is 6.80. The summed E-state index contributed by atoms with van der Waals surface area (Å²) in [6.07, 6.45) is 0. The number of nitrogens with one attached hydrogen (secondary N) is 1. The van der Waals surface area contributed by atoms with Crippen molar-refractivity contribution >= 4 is 45.8 Å². The van der Waals surface area contributed by atoms with Crippen molar-refractivity contribution < 1.29 is 0 Å². The number of aromatic nitrogens is 2. The number of hydrogen-bond acceptors (Lipinski definition) is 1. The van der Waals surface area contributed by atoms with Gasteiger partial charge in [-0.3, -0.25) is 0 Å². The quantitative estimate of drug-likeness (QED) is 0.631. The summed E-state index contributed by atoms with van der Waals surface area (Å²) < 4.78 is 0. The van der Waals surface area contributed by atoms with Crippen LogP contribution in [0.3, 0.4) is 0 Å². The number of halogens is 3. The van der Waals surface area contributed by atoms with Crippen LogP contribution in [0.2, 0.25) is 15.1 Å². The van der Waals surface area contributed by atoms with Gasteiger partial charge in [0.25, 0.3) is 0 Å². The van der Waals surface area contributed by atoms with Crippen LogP contribution < -0.4 is 0 Å². The van der Waals surface area contributed by atoms with E-state index in [1.165, 1.54) is 0 Å². The van der Waals surface area contributed by atoms with Crippen LogP contribution in [0.4, 0.5) is 0 Å². The normalized spacial score (nSPS) is 11.2. The molecule has 3 aromatic rings. The largest absolute Gasteiger partial charge is 0.337 e. The molecule has 96 valence electrons. The maximum atomic E-state index is 6.13. The number of imidazole rings is 1. The summed E-state index contributed by atoms with van der Waals surface area (Å²) in [5, 5.41) is 1.87. The van der Waals surface area contributed by atoms with E-state index in [4.69, 9.17) is 34.8 Å². The second-order valence-corrected chi connectivity index (χ2v) is 5.52. The first kappa shape index (κ1) is 12.8. The molecule has 1 heterocycles. The Kier molecular flexibility index (Phi) is 3.17. The predicted molar refractivity (Wildman–Crippen MR) is 81.3 cm³/mol. The Balaban J connectivity index is 2.23. The summed E-state index contributed by atoms with van der Waals surface area (Å²) in [5.74, 6) is 0.701. The molecule has 0 atom stereocenters. The van der Waals surface area contributed by atoms with E-state index in [9.17, 15) is 0 Å². The Morgan fingerprint density at radius 3 is 2.37 bits per heavy atom. The molecule has 2 nitrogen and oxygen atoms in total. The van der Waals surface area contributed by atoms with Crippen LogP contribution in [0, 0.1) is 6.92 Å². The summed E-state index contributed by atoms with van der Waals surface area (Å²) in [7, 11) is 0. The Bertz CT molecular complexity index is 739. The second-order valence-electron chi connectivity index (χ2n) is 4.30. The van der Waals surface area contributed by atoms with Crippen LogP contribution in [0.5, 0.6) is 0 Å². The minimum atomic E-state index is 0.570. The molecule has 0 unspecified atom stereocenters. The molecule has 0 aliphatic heterocycles. The van der Waals surface area contributed by atoms with Crippen molar-refractivity contribution in [2.45, 2.75) is 6.92 Å². The van der Waals surface area contributed by atoms with E-state index in [0.717, 1.165) is 16.6 Å². The number of nitrogens with zero attached hydrogens (tertiary/aromatic N) is 1. The number of fused-ring (bicyclic) bond motifs is 1. The zero-order valence-corrected chi connectivity index (χ0v) is 12.2. The van der Waals surface area contributed by atoms with Gasteiger partial charge in [0, 0.05) is 10.6 Å². The van der Waals surface area contributed by atoms with Crippen molar-refractivity contribution in [1.29, 1.82) is 0 Å². The molecular weight excluding hydrogens is 303 g/mol. The number of benzene rings is 2. The molecular formula is C14H9Cl3N2. The molecule has 3 rings (SSSR count). The lowest BCUT2D eigenvalue weighted by molar-refractivity contribution is 1.33. The number of hydrogen-bond donors (Lipinski definition) is 1. The van der Waals surface area contributed by atoms with Gasteiger partial charge in [-0.2, -0.15) is 0 Å². The zero-order valence-electron chi connectivity index (χ0n) is 9.97. The van der Waals surface area contributed by atoms with Gasteiger partial charge in [0.15, 0.2) is 0 Å². The van der Waals surface area contributed by atoms with E-state index in [2.05, 4.69) is 9.97 Å². The molecule has 0 amide bonds. The van der Waals surface area contributed by atoms with Crippen LogP contribution in [0.1, 0.15) is 5.56 Å². The lowest BCUT2D eigenvalue weighted by Gasteiger charge is -2.00.